The predicted octanol–water partition coefficient (Wildman–Crippen LogP) is 3.58. The Hall–Kier alpha value is -2.90. The first-order valence-electron chi connectivity index (χ1n) is 11.6. The first kappa shape index (κ1) is 21.0. The molecular formula is C24H31N5O3. The first-order chi connectivity index (χ1) is 15.4. The number of aryl methyl sites for hydroxylation is 2. The van der Waals surface area contributed by atoms with E-state index in [1.165, 1.54) is 19.3 Å². The van der Waals surface area contributed by atoms with Gasteiger partial charge in [-0.05, 0) is 75.3 Å². The third-order valence-electron chi connectivity index (χ3n) is 7.44. The van der Waals surface area contributed by atoms with E-state index >= 15 is 0 Å². The highest BCUT2D eigenvalue weighted by atomic mass is 16.5. The molecule has 8 heteroatoms. The number of hydrogen-bond donors (Lipinski definition) is 2. The number of anilines is 1. The molecule has 32 heavy (non-hydrogen) atoms. The summed E-state index contributed by atoms with van der Waals surface area (Å²) in [5.74, 6) is 3.16. The Balaban J connectivity index is 1.17. The van der Waals surface area contributed by atoms with Gasteiger partial charge in [0.05, 0.1) is 11.9 Å². The van der Waals surface area contributed by atoms with Crippen molar-refractivity contribution < 1.29 is 14.3 Å². The monoisotopic (exact) mass is 437 g/mol. The standard InChI is InChI=1S/C24H31N5O3/c1-15-21(22(29(2)28-15)32-19-4-3-6-25-14-19)27-20(30)5-7-26-23(31)24-11-16-8-17(12-24)10-18(9-16)13-24/h3-4,6,14,16-18H,5,7-13H2,1-2H3,(H,26,31)(H,27,30). The van der Waals surface area contributed by atoms with Crippen molar-refractivity contribution in [1.82, 2.24) is 20.1 Å². The molecule has 170 valence electrons. The number of amides is 2. The van der Waals surface area contributed by atoms with Crippen molar-refractivity contribution in [3.05, 3.63) is 30.2 Å². The fraction of sp³-hybridized carbons (Fsp3) is 0.583. The third kappa shape index (κ3) is 3.98. The van der Waals surface area contributed by atoms with Crippen molar-refractivity contribution in [3.63, 3.8) is 0 Å². The minimum Gasteiger partial charge on any atom is -0.436 e. The second-order valence-electron chi connectivity index (χ2n) is 9.93. The van der Waals surface area contributed by atoms with Crippen LogP contribution in [0.1, 0.15) is 50.6 Å². The predicted molar refractivity (Wildman–Crippen MR) is 119 cm³/mol. The summed E-state index contributed by atoms with van der Waals surface area (Å²) >= 11 is 0. The van der Waals surface area contributed by atoms with Gasteiger partial charge in [-0.15, -0.1) is 0 Å². The van der Waals surface area contributed by atoms with Crippen molar-refractivity contribution in [2.45, 2.75) is 51.9 Å². The molecule has 0 saturated heterocycles. The molecule has 2 aromatic heterocycles. The van der Waals surface area contributed by atoms with E-state index in [1.54, 1.807) is 36.3 Å². The van der Waals surface area contributed by atoms with Crippen molar-refractivity contribution in [2.24, 2.45) is 30.2 Å². The van der Waals surface area contributed by atoms with Gasteiger partial charge in [-0.2, -0.15) is 5.10 Å². The molecule has 2 N–H and O–H groups in total. The highest BCUT2D eigenvalue weighted by Gasteiger charge is 2.54. The van der Waals surface area contributed by atoms with Gasteiger partial charge in [0.15, 0.2) is 0 Å². The zero-order chi connectivity index (χ0) is 22.3. The summed E-state index contributed by atoms with van der Waals surface area (Å²) in [6.45, 7) is 2.16. The van der Waals surface area contributed by atoms with E-state index in [1.807, 2.05) is 6.92 Å². The summed E-state index contributed by atoms with van der Waals surface area (Å²) in [5.41, 5.74) is 1.02. The number of carbonyl (C=O) groups is 2. The zero-order valence-corrected chi connectivity index (χ0v) is 18.8. The number of pyridine rings is 1. The second-order valence-corrected chi connectivity index (χ2v) is 9.93. The summed E-state index contributed by atoms with van der Waals surface area (Å²) in [4.78, 5) is 29.8. The number of aromatic nitrogens is 3. The molecule has 4 bridgehead atoms. The van der Waals surface area contributed by atoms with Crippen LogP contribution < -0.4 is 15.4 Å². The van der Waals surface area contributed by atoms with Crippen LogP contribution in [0.5, 0.6) is 11.6 Å². The van der Waals surface area contributed by atoms with Crippen molar-refractivity contribution in [1.29, 1.82) is 0 Å². The van der Waals surface area contributed by atoms with E-state index < -0.39 is 0 Å². The molecule has 0 aliphatic heterocycles. The molecular weight excluding hydrogens is 406 g/mol. The summed E-state index contributed by atoms with van der Waals surface area (Å²) in [5, 5.41) is 10.3. The quantitative estimate of drug-likeness (QED) is 0.690. The summed E-state index contributed by atoms with van der Waals surface area (Å²) in [6.07, 6.45) is 10.5. The van der Waals surface area contributed by atoms with Crippen molar-refractivity contribution in [3.8, 4) is 11.6 Å². The topological polar surface area (TPSA) is 98.1 Å². The van der Waals surface area contributed by atoms with Gasteiger partial charge in [-0.1, -0.05) is 0 Å². The molecule has 8 nitrogen and oxygen atoms in total. The van der Waals surface area contributed by atoms with Crippen LogP contribution in [0.2, 0.25) is 0 Å². The number of hydrogen-bond acceptors (Lipinski definition) is 5. The third-order valence-corrected chi connectivity index (χ3v) is 7.44. The fourth-order valence-electron chi connectivity index (χ4n) is 6.48. The zero-order valence-electron chi connectivity index (χ0n) is 18.8. The van der Waals surface area contributed by atoms with Gasteiger partial charge in [-0.25, -0.2) is 4.68 Å². The van der Waals surface area contributed by atoms with Crippen LogP contribution in [0.3, 0.4) is 0 Å². The van der Waals surface area contributed by atoms with Gasteiger partial charge in [0.1, 0.15) is 11.4 Å². The van der Waals surface area contributed by atoms with Crippen LogP contribution in [0.25, 0.3) is 0 Å². The maximum atomic E-state index is 13.1. The fourth-order valence-corrected chi connectivity index (χ4v) is 6.48. The van der Waals surface area contributed by atoms with E-state index in [0.717, 1.165) is 37.0 Å². The van der Waals surface area contributed by atoms with E-state index in [2.05, 4.69) is 20.7 Å². The van der Waals surface area contributed by atoms with Gasteiger partial charge in [0.25, 0.3) is 0 Å². The summed E-state index contributed by atoms with van der Waals surface area (Å²) in [6, 6.07) is 3.57. The summed E-state index contributed by atoms with van der Waals surface area (Å²) < 4.78 is 7.49. The minimum atomic E-state index is -0.185. The number of rotatable bonds is 7. The number of carbonyl (C=O) groups excluding carboxylic acids is 2. The molecule has 0 spiro atoms. The van der Waals surface area contributed by atoms with Crippen LogP contribution in [0.4, 0.5) is 5.69 Å². The Labute approximate surface area is 188 Å². The molecule has 4 saturated carbocycles. The van der Waals surface area contributed by atoms with Crippen LogP contribution in [0.15, 0.2) is 24.5 Å². The molecule has 2 amide bonds. The molecule has 2 heterocycles. The lowest BCUT2D eigenvalue weighted by Crippen LogP contribution is -2.53. The van der Waals surface area contributed by atoms with Crippen molar-refractivity contribution >= 4 is 17.5 Å². The van der Waals surface area contributed by atoms with Crippen molar-refractivity contribution in [2.75, 3.05) is 11.9 Å². The smallest absolute Gasteiger partial charge is 0.241 e. The lowest BCUT2D eigenvalue weighted by Gasteiger charge is -2.55. The number of nitrogens with zero attached hydrogens (tertiary/aromatic N) is 3. The Bertz CT molecular complexity index is 981. The average Bonchev–Trinajstić information content (AvgIpc) is 3.00. The van der Waals surface area contributed by atoms with Gasteiger partial charge >= 0.3 is 0 Å². The molecule has 0 radical (unpaired) electrons. The molecule has 4 fully saturated rings. The number of ether oxygens (including phenoxy) is 1. The van der Waals surface area contributed by atoms with E-state index in [4.69, 9.17) is 4.74 Å². The Morgan fingerprint density at radius 3 is 2.50 bits per heavy atom. The molecule has 0 atom stereocenters. The molecule has 6 rings (SSSR count). The maximum absolute atomic E-state index is 13.1. The van der Waals surface area contributed by atoms with Crippen LogP contribution in [-0.4, -0.2) is 33.1 Å². The lowest BCUT2D eigenvalue weighted by molar-refractivity contribution is -0.146. The average molecular weight is 438 g/mol. The highest BCUT2D eigenvalue weighted by Crippen LogP contribution is 2.60. The van der Waals surface area contributed by atoms with Crippen LogP contribution >= 0.6 is 0 Å². The molecule has 4 aliphatic rings. The van der Waals surface area contributed by atoms with Gasteiger partial charge in [0.2, 0.25) is 17.7 Å². The van der Waals surface area contributed by atoms with Gasteiger partial charge < -0.3 is 15.4 Å². The minimum absolute atomic E-state index is 0.155. The molecule has 0 aromatic carbocycles. The second kappa shape index (κ2) is 8.22. The van der Waals surface area contributed by atoms with Gasteiger partial charge in [-0.3, -0.25) is 14.6 Å². The molecule has 0 unspecified atom stereocenters. The largest absolute Gasteiger partial charge is 0.436 e. The Morgan fingerprint density at radius 1 is 1.19 bits per heavy atom. The maximum Gasteiger partial charge on any atom is 0.241 e. The highest BCUT2D eigenvalue weighted by molar-refractivity contribution is 5.93. The molecule has 2 aromatic rings. The van der Waals surface area contributed by atoms with Crippen LogP contribution in [-0.2, 0) is 16.6 Å². The normalized spacial score (nSPS) is 27.9. The van der Waals surface area contributed by atoms with E-state index in [9.17, 15) is 9.59 Å². The SMILES string of the molecule is Cc1nn(C)c(Oc2cccnc2)c1NC(=O)CCNC(=O)C12CC3CC(CC(C3)C1)C2. The van der Waals surface area contributed by atoms with Crippen LogP contribution in [0, 0.1) is 30.1 Å². The number of nitrogens with one attached hydrogen (secondary N) is 2. The first-order valence-corrected chi connectivity index (χ1v) is 11.6. The Kier molecular flexibility index (Phi) is 5.39. The summed E-state index contributed by atoms with van der Waals surface area (Å²) in [7, 11) is 1.76. The Morgan fingerprint density at radius 2 is 1.88 bits per heavy atom. The molecule has 4 aliphatic carbocycles. The van der Waals surface area contributed by atoms with Gasteiger partial charge in [0, 0.05) is 31.6 Å². The van der Waals surface area contributed by atoms with E-state index in [-0.39, 0.29) is 23.7 Å². The lowest BCUT2D eigenvalue weighted by atomic mass is 9.49. The van der Waals surface area contributed by atoms with E-state index in [0.29, 0.717) is 29.6 Å².